The molecule has 3 amide bonds. The number of rotatable bonds is 5. The van der Waals surface area contributed by atoms with E-state index in [0.29, 0.717) is 0 Å². The van der Waals surface area contributed by atoms with E-state index in [9.17, 15) is 14.4 Å². The Hall–Kier alpha value is -1.59. The minimum atomic E-state index is -0.937. The van der Waals surface area contributed by atoms with Gasteiger partial charge in [0.25, 0.3) is 0 Å². The van der Waals surface area contributed by atoms with Gasteiger partial charge in [-0.2, -0.15) is 0 Å². The van der Waals surface area contributed by atoms with E-state index in [1.165, 1.54) is 0 Å². The number of imide groups is 1. The second kappa shape index (κ2) is 4.77. The maximum absolute atomic E-state index is 11.4. The summed E-state index contributed by atoms with van der Waals surface area (Å²) in [6.07, 6.45) is 2.03. The van der Waals surface area contributed by atoms with Crippen LogP contribution in [0.5, 0.6) is 0 Å². The summed E-state index contributed by atoms with van der Waals surface area (Å²) in [5.74, 6) is -1.57. The van der Waals surface area contributed by atoms with Crippen molar-refractivity contribution < 1.29 is 19.5 Å². The lowest BCUT2D eigenvalue weighted by atomic mass is 9.97. The van der Waals surface area contributed by atoms with Crippen LogP contribution in [0.25, 0.3) is 0 Å². The van der Waals surface area contributed by atoms with Crippen LogP contribution in [0.4, 0.5) is 4.79 Å². The van der Waals surface area contributed by atoms with Gasteiger partial charge in [-0.25, -0.2) is 4.79 Å². The highest BCUT2D eigenvalue weighted by molar-refractivity contribution is 5.95. The van der Waals surface area contributed by atoms with Crippen LogP contribution < -0.4 is 11.1 Å². The quantitative estimate of drug-likeness (QED) is 0.601. The summed E-state index contributed by atoms with van der Waals surface area (Å²) in [4.78, 5) is 32.3. The summed E-state index contributed by atoms with van der Waals surface area (Å²) in [5, 5.41) is 10.5. The zero-order valence-electron chi connectivity index (χ0n) is 8.23. The van der Waals surface area contributed by atoms with E-state index in [0.717, 1.165) is 12.8 Å². The van der Waals surface area contributed by atoms with E-state index >= 15 is 0 Å². The minimum Gasteiger partial charge on any atom is -0.481 e. The van der Waals surface area contributed by atoms with Crippen molar-refractivity contribution in [3.05, 3.63) is 0 Å². The Morgan fingerprint density at radius 3 is 2.40 bits per heavy atom. The first kappa shape index (κ1) is 11.5. The summed E-state index contributed by atoms with van der Waals surface area (Å²) in [6, 6.07) is -0.888. The number of carboxylic acids is 1. The number of urea groups is 1. The Morgan fingerprint density at radius 2 is 2.00 bits per heavy atom. The maximum Gasteiger partial charge on any atom is 0.318 e. The van der Waals surface area contributed by atoms with Crippen LogP contribution in [0.2, 0.25) is 0 Å². The van der Waals surface area contributed by atoms with Crippen molar-refractivity contribution in [3.8, 4) is 0 Å². The molecule has 0 spiro atoms. The third kappa shape index (κ3) is 3.97. The predicted octanol–water partition coefficient (Wildman–Crippen LogP) is 0.0723. The Bertz CT molecular complexity index is 286. The van der Waals surface area contributed by atoms with Gasteiger partial charge in [0.2, 0.25) is 5.91 Å². The number of aliphatic carboxylic acids is 1. The Balaban J connectivity index is 2.45. The first-order valence-electron chi connectivity index (χ1n) is 4.82. The second-order valence-electron chi connectivity index (χ2n) is 3.73. The van der Waals surface area contributed by atoms with Gasteiger partial charge in [0.15, 0.2) is 0 Å². The van der Waals surface area contributed by atoms with Crippen molar-refractivity contribution in [2.24, 2.45) is 17.6 Å². The SMILES string of the molecule is NC(=O)NC(=O)C(CCC(=O)O)C1CC1. The van der Waals surface area contributed by atoms with Gasteiger partial charge in [0.1, 0.15) is 0 Å². The fourth-order valence-corrected chi connectivity index (χ4v) is 1.57. The smallest absolute Gasteiger partial charge is 0.318 e. The zero-order chi connectivity index (χ0) is 11.4. The van der Waals surface area contributed by atoms with Crippen molar-refractivity contribution in [1.82, 2.24) is 5.32 Å². The number of hydrogen-bond acceptors (Lipinski definition) is 3. The predicted molar refractivity (Wildman–Crippen MR) is 50.8 cm³/mol. The van der Waals surface area contributed by atoms with Gasteiger partial charge in [-0.3, -0.25) is 14.9 Å². The van der Waals surface area contributed by atoms with E-state index in [-0.39, 0.29) is 18.8 Å². The molecule has 1 unspecified atom stereocenters. The average molecular weight is 214 g/mol. The minimum absolute atomic E-state index is 0.0622. The summed E-state index contributed by atoms with van der Waals surface area (Å²) >= 11 is 0. The fourth-order valence-electron chi connectivity index (χ4n) is 1.57. The third-order valence-electron chi connectivity index (χ3n) is 2.44. The first-order valence-corrected chi connectivity index (χ1v) is 4.82. The molecule has 0 aromatic heterocycles. The Labute approximate surface area is 86.8 Å². The molecular formula is C9H14N2O4. The highest BCUT2D eigenvalue weighted by atomic mass is 16.4. The molecule has 0 bridgehead atoms. The average Bonchev–Trinajstić information content (AvgIpc) is 2.86. The van der Waals surface area contributed by atoms with Crippen LogP contribution in [0.15, 0.2) is 0 Å². The number of nitrogens with one attached hydrogen (secondary N) is 1. The standard InChI is InChI=1S/C9H14N2O4/c10-9(15)11-8(14)6(5-1-2-5)3-4-7(12)13/h5-6H,1-4H2,(H,12,13)(H3,10,11,14,15). The largest absolute Gasteiger partial charge is 0.481 e. The molecule has 1 saturated carbocycles. The third-order valence-corrected chi connectivity index (χ3v) is 2.44. The summed E-state index contributed by atoms with van der Waals surface area (Å²) in [6.45, 7) is 0. The number of carboxylic acid groups (broad SMARTS) is 1. The normalized spacial score (nSPS) is 16.8. The van der Waals surface area contributed by atoms with Crippen molar-refractivity contribution in [1.29, 1.82) is 0 Å². The number of primary amides is 1. The van der Waals surface area contributed by atoms with E-state index < -0.39 is 23.8 Å². The molecule has 1 aliphatic carbocycles. The summed E-state index contributed by atoms with van der Waals surface area (Å²) in [5.41, 5.74) is 4.82. The lowest BCUT2D eigenvalue weighted by Gasteiger charge is -2.13. The van der Waals surface area contributed by atoms with Gasteiger partial charge in [-0.05, 0) is 25.2 Å². The molecule has 6 nitrogen and oxygen atoms in total. The van der Waals surface area contributed by atoms with Gasteiger partial charge < -0.3 is 10.8 Å². The van der Waals surface area contributed by atoms with E-state index in [1.54, 1.807) is 0 Å². The van der Waals surface area contributed by atoms with Crippen molar-refractivity contribution >= 4 is 17.9 Å². The Morgan fingerprint density at radius 1 is 1.40 bits per heavy atom. The van der Waals surface area contributed by atoms with Gasteiger partial charge >= 0.3 is 12.0 Å². The van der Waals surface area contributed by atoms with Crippen LogP contribution in [-0.2, 0) is 9.59 Å². The van der Waals surface area contributed by atoms with E-state index in [2.05, 4.69) is 0 Å². The lowest BCUT2D eigenvalue weighted by Crippen LogP contribution is -2.40. The highest BCUT2D eigenvalue weighted by Gasteiger charge is 2.36. The lowest BCUT2D eigenvalue weighted by molar-refractivity contribution is -0.137. The van der Waals surface area contributed by atoms with Crippen LogP contribution in [0.3, 0.4) is 0 Å². The van der Waals surface area contributed by atoms with Crippen LogP contribution in [0.1, 0.15) is 25.7 Å². The maximum atomic E-state index is 11.4. The molecule has 15 heavy (non-hydrogen) atoms. The zero-order valence-corrected chi connectivity index (χ0v) is 8.23. The van der Waals surface area contributed by atoms with Crippen LogP contribution >= 0.6 is 0 Å². The van der Waals surface area contributed by atoms with Crippen molar-refractivity contribution in [3.63, 3.8) is 0 Å². The number of nitrogens with two attached hydrogens (primary N) is 1. The first-order chi connectivity index (χ1) is 7.00. The molecule has 1 rings (SSSR count). The van der Waals surface area contributed by atoms with E-state index in [4.69, 9.17) is 10.8 Å². The molecule has 4 N–H and O–H groups in total. The molecule has 0 aromatic rings. The van der Waals surface area contributed by atoms with Gasteiger partial charge in [0.05, 0.1) is 0 Å². The highest BCUT2D eigenvalue weighted by Crippen LogP contribution is 2.39. The molecule has 0 heterocycles. The summed E-state index contributed by atoms with van der Waals surface area (Å²) in [7, 11) is 0. The van der Waals surface area contributed by atoms with Gasteiger partial charge in [-0.15, -0.1) is 0 Å². The molecule has 6 heteroatoms. The van der Waals surface area contributed by atoms with Gasteiger partial charge in [-0.1, -0.05) is 0 Å². The topological polar surface area (TPSA) is 109 Å². The monoisotopic (exact) mass is 214 g/mol. The van der Waals surface area contributed by atoms with E-state index in [1.807, 2.05) is 5.32 Å². The molecule has 0 aliphatic heterocycles. The number of carbonyl (C=O) groups is 3. The molecule has 0 aromatic carbocycles. The number of hydrogen-bond donors (Lipinski definition) is 3. The molecule has 0 radical (unpaired) electrons. The van der Waals surface area contributed by atoms with Crippen LogP contribution in [-0.4, -0.2) is 23.0 Å². The molecular weight excluding hydrogens is 200 g/mol. The molecule has 1 fully saturated rings. The Kier molecular flexibility index (Phi) is 3.65. The summed E-state index contributed by atoms with van der Waals surface area (Å²) < 4.78 is 0. The molecule has 0 saturated heterocycles. The molecule has 84 valence electrons. The van der Waals surface area contributed by atoms with Crippen LogP contribution in [0, 0.1) is 11.8 Å². The fraction of sp³-hybridized carbons (Fsp3) is 0.667. The number of amides is 3. The molecule has 1 atom stereocenters. The van der Waals surface area contributed by atoms with Crippen molar-refractivity contribution in [2.75, 3.05) is 0 Å². The van der Waals surface area contributed by atoms with Gasteiger partial charge in [0, 0.05) is 12.3 Å². The second-order valence-corrected chi connectivity index (χ2v) is 3.73. The van der Waals surface area contributed by atoms with Crippen molar-refractivity contribution in [2.45, 2.75) is 25.7 Å². The number of carbonyl (C=O) groups excluding carboxylic acids is 2. The molecule has 1 aliphatic rings.